The second-order valence-corrected chi connectivity index (χ2v) is 30.9. The highest BCUT2D eigenvalue weighted by Crippen LogP contribution is 2.33. The van der Waals surface area contributed by atoms with E-state index in [1.54, 1.807) is 10.5 Å². The zero-order valence-corrected chi connectivity index (χ0v) is 47.8. The molecule has 1 aromatic heterocycles. The maximum atomic E-state index is 5.87. The monoisotopic (exact) mass is 968 g/mol. The van der Waals surface area contributed by atoms with Crippen molar-refractivity contribution in [2.45, 2.75) is 306 Å². The predicted molar refractivity (Wildman–Crippen MR) is 319 cm³/mol. The molecule has 1 aromatic rings. The van der Waals surface area contributed by atoms with Crippen LogP contribution >= 0.6 is 0 Å². The van der Waals surface area contributed by atoms with Gasteiger partial charge in [-0.15, -0.1) is 39.5 Å². The molecule has 0 unspecified atom stereocenters. The minimum atomic E-state index is -1.80. The number of pyridine rings is 1. The molecule has 68 heavy (non-hydrogen) atoms. The van der Waals surface area contributed by atoms with E-state index in [2.05, 4.69) is 94.3 Å². The van der Waals surface area contributed by atoms with Crippen LogP contribution in [0, 0.1) is 0 Å². The van der Waals surface area contributed by atoms with Crippen molar-refractivity contribution >= 4 is 26.7 Å². The third-order valence-electron chi connectivity index (χ3n) is 15.8. The molecule has 0 fully saturated rings. The molecular weight excluding hydrogens is 851 g/mol. The zero-order chi connectivity index (χ0) is 49.2. The Hall–Kier alpha value is -1.98. The third kappa shape index (κ3) is 34.4. The standard InChI is InChI=1S/C65H117NSi2/c1-7-13-19-25-31-37-43-49-57-67(58-50-44-38-32-26-20-14-8-2,59-51-45-39-33-27-21-15-9-3)64-55-56-65(66-63-64)68(60-52-46-40-34-28-22-16-10-4,61-53-47-41-35-29-23-17-11-5)62-54-48-42-36-30-24-18-12-6/h7-12,55-56,63H,1-6,13-54,57-62H2. The summed E-state index contributed by atoms with van der Waals surface area (Å²) in [6.07, 6.45) is 72.0. The highest BCUT2D eigenvalue weighted by Gasteiger charge is 2.37. The Bertz CT molecular complexity index is 1080. The minimum Gasteiger partial charge on any atom is -0.266 e. The summed E-state index contributed by atoms with van der Waals surface area (Å²) in [5.41, 5.74) is 0. The van der Waals surface area contributed by atoms with Gasteiger partial charge in [0.25, 0.3) is 0 Å². The lowest BCUT2D eigenvalue weighted by Crippen LogP contribution is -2.52. The molecule has 3 heteroatoms. The maximum absolute atomic E-state index is 5.87. The van der Waals surface area contributed by atoms with Gasteiger partial charge in [0, 0.05) is 11.5 Å². The number of hydrogen-bond acceptors (Lipinski definition) is 1. The van der Waals surface area contributed by atoms with Crippen LogP contribution in [0.2, 0.25) is 36.3 Å². The molecule has 0 N–H and O–H groups in total. The largest absolute Gasteiger partial charge is 0.266 e. The number of nitrogens with zero attached hydrogens (tertiary/aromatic N) is 1. The van der Waals surface area contributed by atoms with E-state index < -0.39 is 16.1 Å². The fourth-order valence-corrected chi connectivity index (χ4v) is 21.6. The molecule has 0 radical (unpaired) electrons. The first-order chi connectivity index (χ1) is 33.6. The molecule has 390 valence electrons. The van der Waals surface area contributed by atoms with Crippen molar-refractivity contribution in [3.63, 3.8) is 0 Å². The van der Waals surface area contributed by atoms with E-state index in [-0.39, 0.29) is 0 Å². The van der Waals surface area contributed by atoms with E-state index in [0.717, 1.165) is 0 Å². The molecule has 1 rings (SSSR count). The Morgan fingerprint density at radius 1 is 0.265 bits per heavy atom. The van der Waals surface area contributed by atoms with E-state index in [0.29, 0.717) is 0 Å². The fraction of sp³-hybridized carbons (Fsp3) is 0.738. The van der Waals surface area contributed by atoms with Crippen LogP contribution in [0.15, 0.2) is 94.3 Å². The highest BCUT2D eigenvalue weighted by molar-refractivity contribution is 6.93. The van der Waals surface area contributed by atoms with Gasteiger partial charge in [0.15, 0.2) is 0 Å². The van der Waals surface area contributed by atoms with Crippen LogP contribution in [0.1, 0.15) is 270 Å². The van der Waals surface area contributed by atoms with Crippen molar-refractivity contribution < 1.29 is 0 Å². The SMILES string of the molecule is C=CCCCCCCCC[Si](CCCCCCCCC=C)(CCCCCCCCC=C)c1ccc([Si](CCCCCCCCC=C)(CCCCCCCCC=C)CCCCCCCCC=C)nc1. The van der Waals surface area contributed by atoms with Gasteiger partial charge in [0.2, 0.25) is 0 Å². The van der Waals surface area contributed by atoms with Gasteiger partial charge in [0.05, 0.1) is 8.07 Å². The minimum absolute atomic E-state index is 1.17. The molecule has 0 bridgehead atoms. The Labute approximate surface area is 429 Å². The predicted octanol–water partition coefficient (Wildman–Crippen LogP) is 21.9. The molecule has 0 atom stereocenters. The summed E-state index contributed by atoms with van der Waals surface area (Å²) >= 11 is 0. The van der Waals surface area contributed by atoms with Gasteiger partial charge < -0.3 is 0 Å². The van der Waals surface area contributed by atoms with Crippen LogP contribution < -0.4 is 10.5 Å². The van der Waals surface area contributed by atoms with Crippen LogP contribution in [0.3, 0.4) is 0 Å². The Balaban J connectivity index is 3.54. The lowest BCUT2D eigenvalue weighted by Gasteiger charge is -2.35. The summed E-state index contributed by atoms with van der Waals surface area (Å²) in [5, 5.41) is 3.34. The van der Waals surface area contributed by atoms with Crippen LogP contribution in [0.25, 0.3) is 0 Å². The lowest BCUT2D eigenvalue weighted by atomic mass is 10.1. The summed E-state index contributed by atoms with van der Waals surface area (Å²) in [5.74, 6) is 0. The van der Waals surface area contributed by atoms with Crippen LogP contribution in [0.4, 0.5) is 0 Å². The van der Waals surface area contributed by atoms with Gasteiger partial charge in [-0.2, -0.15) is 0 Å². The molecule has 1 nitrogen and oxygen atoms in total. The summed E-state index contributed by atoms with van der Waals surface area (Å²) in [4.78, 5) is 5.87. The van der Waals surface area contributed by atoms with Crippen LogP contribution in [0.5, 0.6) is 0 Å². The normalized spacial score (nSPS) is 11.8. The van der Waals surface area contributed by atoms with Crippen molar-refractivity contribution in [1.82, 2.24) is 4.98 Å². The Morgan fingerprint density at radius 2 is 0.471 bits per heavy atom. The fourth-order valence-electron chi connectivity index (χ4n) is 11.3. The first kappa shape index (κ1) is 64.0. The second kappa shape index (κ2) is 48.6. The molecule has 0 aromatic carbocycles. The molecule has 0 aliphatic heterocycles. The topological polar surface area (TPSA) is 12.9 Å². The average Bonchev–Trinajstić information content (AvgIpc) is 3.36. The molecule has 0 aliphatic rings. The van der Waals surface area contributed by atoms with Crippen molar-refractivity contribution in [2.75, 3.05) is 0 Å². The molecule has 0 aliphatic carbocycles. The summed E-state index contributed by atoms with van der Waals surface area (Å²) in [6.45, 7) is 23.8. The summed E-state index contributed by atoms with van der Waals surface area (Å²) < 4.78 is 0. The molecule has 0 amide bonds. The van der Waals surface area contributed by atoms with Gasteiger partial charge in [-0.3, -0.25) is 4.98 Å². The van der Waals surface area contributed by atoms with Gasteiger partial charge in [-0.05, 0) is 88.3 Å². The molecule has 0 saturated heterocycles. The number of rotatable bonds is 56. The van der Waals surface area contributed by atoms with E-state index in [1.807, 2.05) is 0 Å². The van der Waals surface area contributed by atoms with E-state index >= 15 is 0 Å². The Morgan fingerprint density at radius 3 is 0.676 bits per heavy atom. The molecule has 0 spiro atoms. The number of unbranched alkanes of at least 4 members (excludes halogenated alkanes) is 36. The lowest BCUT2D eigenvalue weighted by molar-refractivity contribution is 0.597. The van der Waals surface area contributed by atoms with Crippen LogP contribution in [-0.4, -0.2) is 21.1 Å². The first-order valence-corrected chi connectivity index (χ1v) is 35.4. The van der Waals surface area contributed by atoms with Crippen molar-refractivity contribution in [1.29, 1.82) is 0 Å². The van der Waals surface area contributed by atoms with Gasteiger partial charge in [-0.25, -0.2) is 0 Å². The molecule has 0 saturated carbocycles. The summed E-state index contributed by atoms with van der Waals surface area (Å²) in [6, 6.07) is 14.3. The summed E-state index contributed by atoms with van der Waals surface area (Å²) in [7, 11) is -3.55. The number of aromatic nitrogens is 1. The Kier molecular flexibility index (Phi) is 45.8. The first-order valence-electron chi connectivity index (χ1n) is 30.2. The van der Waals surface area contributed by atoms with Gasteiger partial charge >= 0.3 is 0 Å². The number of hydrogen-bond donors (Lipinski definition) is 0. The van der Waals surface area contributed by atoms with E-state index in [9.17, 15) is 0 Å². The van der Waals surface area contributed by atoms with Crippen molar-refractivity contribution in [2.24, 2.45) is 0 Å². The highest BCUT2D eigenvalue weighted by atomic mass is 28.3. The molecular formula is C65H117NSi2. The quantitative estimate of drug-likeness (QED) is 0.0360. The van der Waals surface area contributed by atoms with E-state index in [4.69, 9.17) is 4.98 Å². The average molecular weight is 969 g/mol. The van der Waals surface area contributed by atoms with Crippen molar-refractivity contribution in [3.05, 3.63) is 94.3 Å². The van der Waals surface area contributed by atoms with Gasteiger partial charge in [0.1, 0.15) is 8.07 Å². The zero-order valence-electron chi connectivity index (χ0n) is 45.8. The smallest absolute Gasteiger partial charge is 0.110 e. The molecule has 1 heterocycles. The van der Waals surface area contributed by atoms with E-state index in [1.165, 1.54) is 306 Å². The van der Waals surface area contributed by atoms with Gasteiger partial charge in [-0.1, -0.05) is 271 Å². The van der Waals surface area contributed by atoms with Crippen molar-refractivity contribution in [3.8, 4) is 0 Å². The number of allylic oxidation sites excluding steroid dienone is 6. The van der Waals surface area contributed by atoms with Crippen LogP contribution in [-0.2, 0) is 0 Å². The second-order valence-electron chi connectivity index (χ2n) is 21.7. The maximum Gasteiger partial charge on any atom is 0.110 e. The third-order valence-corrected chi connectivity index (χ3v) is 26.6.